The smallest absolute Gasteiger partial charge is 0.252 e. The van der Waals surface area contributed by atoms with E-state index in [2.05, 4.69) is 26.5 Å². The van der Waals surface area contributed by atoms with E-state index in [0.717, 1.165) is 30.2 Å². The lowest BCUT2D eigenvalue weighted by Gasteiger charge is -2.36. The summed E-state index contributed by atoms with van der Waals surface area (Å²) in [6.07, 6.45) is 1.45. The van der Waals surface area contributed by atoms with Crippen molar-refractivity contribution in [2.24, 2.45) is 7.05 Å². The number of fused-ring (bicyclic) bond motifs is 1. The van der Waals surface area contributed by atoms with Crippen LogP contribution in [0.1, 0.15) is 42.4 Å². The summed E-state index contributed by atoms with van der Waals surface area (Å²) in [5, 5.41) is 11.5. The van der Waals surface area contributed by atoms with Gasteiger partial charge in [-0.1, -0.05) is 0 Å². The molecule has 1 atom stereocenters. The summed E-state index contributed by atoms with van der Waals surface area (Å²) in [6.45, 7) is 4.12. The van der Waals surface area contributed by atoms with Gasteiger partial charge in [0.05, 0.1) is 29.5 Å². The normalized spacial score (nSPS) is 22.3. The fourth-order valence-corrected chi connectivity index (χ4v) is 4.04. The molecule has 2 aromatic heterocycles. The van der Waals surface area contributed by atoms with E-state index in [-0.39, 0.29) is 31.2 Å². The van der Waals surface area contributed by atoms with Crippen LogP contribution >= 0.6 is 0 Å². The van der Waals surface area contributed by atoms with Gasteiger partial charge in [0.25, 0.3) is 5.92 Å². The molecular weight excluding hydrogens is 354 g/mol. The molecule has 1 amide bonds. The number of amides is 1. The van der Waals surface area contributed by atoms with E-state index in [9.17, 15) is 13.6 Å². The molecule has 146 valence electrons. The minimum absolute atomic E-state index is 0.112. The summed E-state index contributed by atoms with van der Waals surface area (Å²) in [7, 11) is 1.93. The van der Waals surface area contributed by atoms with Gasteiger partial charge in [0.15, 0.2) is 0 Å². The van der Waals surface area contributed by atoms with E-state index >= 15 is 0 Å². The molecule has 2 aliphatic rings. The number of aromatic nitrogens is 4. The average Bonchev–Trinajstić information content (AvgIpc) is 3.12. The van der Waals surface area contributed by atoms with Crippen molar-refractivity contribution < 1.29 is 13.6 Å². The molecule has 7 nitrogen and oxygen atoms in total. The lowest BCUT2D eigenvalue weighted by molar-refractivity contribution is -0.130. The number of hydrogen-bond acceptors (Lipinski definition) is 4. The third-order valence-corrected chi connectivity index (χ3v) is 5.31. The van der Waals surface area contributed by atoms with Crippen LogP contribution in [-0.2, 0) is 24.9 Å². The second-order valence-electron chi connectivity index (χ2n) is 7.72. The van der Waals surface area contributed by atoms with Crippen LogP contribution < -0.4 is 5.32 Å². The summed E-state index contributed by atoms with van der Waals surface area (Å²) in [6, 6.07) is 3.49. The highest BCUT2D eigenvalue weighted by Crippen LogP contribution is 2.37. The van der Waals surface area contributed by atoms with Crippen molar-refractivity contribution in [3.05, 3.63) is 35.4 Å². The molecule has 3 heterocycles. The molecule has 0 bridgehead atoms. The maximum absolute atomic E-state index is 13.0. The molecule has 0 aromatic carbocycles. The molecule has 0 saturated heterocycles. The summed E-state index contributed by atoms with van der Waals surface area (Å²) >= 11 is 0. The van der Waals surface area contributed by atoms with E-state index in [1.54, 1.807) is 6.20 Å². The molecule has 1 aliphatic carbocycles. The van der Waals surface area contributed by atoms with Crippen molar-refractivity contribution in [1.29, 1.82) is 0 Å². The highest BCUT2D eigenvalue weighted by atomic mass is 19.3. The first kappa shape index (κ1) is 18.1. The molecule has 1 aliphatic heterocycles. The monoisotopic (exact) mass is 378 g/mol. The quantitative estimate of drug-likeness (QED) is 0.861. The standard InChI is InChI=1S/C18H24F2N6O/c1-12-5-15(24(2)23-12)10-25-9-14-3-4-21-26(14)16(11-25)6-17(27)22-13-7-18(19,20)8-13/h3-5,13,16H,6-11H2,1-2H3,(H,22,27). The second-order valence-corrected chi connectivity index (χ2v) is 7.72. The third kappa shape index (κ3) is 3.87. The lowest BCUT2D eigenvalue weighted by Crippen LogP contribution is -2.51. The van der Waals surface area contributed by atoms with E-state index in [1.165, 1.54) is 0 Å². The van der Waals surface area contributed by atoms with E-state index < -0.39 is 12.0 Å². The fraction of sp³-hybridized carbons (Fsp3) is 0.611. The zero-order chi connectivity index (χ0) is 19.2. The van der Waals surface area contributed by atoms with Gasteiger partial charge in [0.2, 0.25) is 5.91 Å². The van der Waals surface area contributed by atoms with Gasteiger partial charge in [-0.15, -0.1) is 0 Å². The molecule has 1 unspecified atom stereocenters. The van der Waals surface area contributed by atoms with Crippen LogP contribution in [0.2, 0.25) is 0 Å². The zero-order valence-corrected chi connectivity index (χ0v) is 15.5. The van der Waals surface area contributed by atoms with Crippen LogP contribution in [0.15, 0.2) is 18.3 Å². The van der Waals surface area contributed by atoms with Gasteiger partial charge >= 0.3 is 0 Å². The Morgan fingerprint density at radius 1 is 1.41 bits per heavy atom. The Bertz CT molecular complexity index is 837. The summed E-state index contributed by atoms with van der Waals surface area (Å²) in [5.74, 6) is -2.82. The summed E-state index contributed by atoms with van der Waals surface area (Å²) in [5.41, 5.74) is 3.14. The predicted molar refractivity (Wildman–Crippen MR) is 94.1 cm³/mol. The van der Waals surface area contributed by atoms with Crippen molar-refractivity contribution in [3.63, 3.8) is 0 Å². The molecule has 2 aromatic rings. The van der Waals surface area contributed by atoms with E-state index in [0.29, 0.717) is 6.54 Å². The molecule has 9 heteroatoms. The molecule has 1 N–H and O–H groups in total. The van der Waals surface area contributed by atoms with Gasteiger partial charge in [0, 0.05) is 51.8 Å². The van der Waals surface area contributed by atoms with E-state index in [1.807, 2.05) is 29.4 Å². The van der Waals surface area contributed by atoms with Gasteiger partial charge < -0.3 is 5.32 Å². The zero-order valence-electron chi connectivity index (χ0n) is 15.5. The topological polar surface area (TPSA) is 68.0 Å². The number of carbonyl (C=O) groups is 1. The molecule has 1 fully saturated rings. The first-order valence-corrected chi connectivity index (χ1v) is 9.20. The maximum Gasteiger partial charge on any atom is 0.252 e. The Hall–Kier alpha value is -2.29. The highest BCUT2D eigenvalue weighted by Gasteiger charge is 2.46. The Labute approximate surface area is 156 Å². The molecule has 0 radical (unpaired) electrons. The Balaban J connectivity index is 1.41. The number of rotatable bonds is 5. The van der Waals surface area contributed by atoms with Crippen molar-refractivity contribution in [3.8, 4) is 0 Å². The van der Waals surface area contributed by atoms with E-state index in [4.69, 9.17) is 0 Å². The predicted octanol–water partition coefficient (Wildman–Crippen LogP) is 1.79. The van der Waals surface area contributed by atoms with Gasteiger partial charge in [0.1, 0.15) is 0 Å². The first-order valence-electron chi connectivity index (χ1n) is 9.20. The molecular formula is C18H24F2N6O. The Kier molecular flexibility index (Phi) is 4.49. The van der Waals surface area contributed by atoms with Crippen LogP contribution in [0, 0.1) is 6.92 Å². The minimum Gasteiger partial charge on any atom is -0.353 e. The number of halogens is 2. The van der Waals surface area contributed by atoms with Crippen LogP contribution in [0.5, 0.6) is 0 Å². The van der Waals surface area contributed by atoms with Crippen LogP contribution in [0.4, 0.5) is 8.78 Å². The van der Waals surface area contributed by atoms with Crippen molar-refractivity contribution in [1.82, 2.24) is 29.8 Å². The Morgan fingerprint density at radius 2 is 2.19 bits per heavy atom. The second kappa shape index (κ2) is 6.70. The molecule has 27 heavy (non-hydrogen) atoms. The molecule has 0 spiro atoms. The minimum atomic E-state index is -2.63. The Morgan fingerprint density at radius 3 is 2.85 bits per heavy atom. The molecule has 1 saturated carbocycles. The summed E-state index contributed by atoms with van der Waals surface area (Å²) < 4.78 is 29.7. The largest absolute Gasteiger partial charge is 0.353 e. The number of nitrogens with zero attached hydrogens (tertiary/aromatic N) is 5. The van der Waals surface area contributed by atoms with Crippen molar-refractivity contribution in [2.75, 3.05) is 6.54 Å². The SMILES string of the molecule is Cc1cc(CN2Cc3ccnn3C(CC(=O)NC3CC(F)(F)C3)C2)n(C)n1. The van der Waals surface area contributed by atoms with Gasteiger partial charge in [-0.25, -0.2) is 8.78 Å². The van der Waals surface area contributed by atoms with Crippen LogP contribution in [-0.4, -0.2) is 48.9 Å². The van der Waals surface area contributed by atoms with Gasteiger partial charge in [-0.3, -0.25) is 19.1 Å². The molecule has 4 rings (SSSR count). The maximum atomic E-state index is 13.0. The van der Waals surface area contributed by atoms with Gasteiger partial charge in [-0.2, -0.15) is 10.2 Å². The first-order chi connectivity index (χ1) is 12.8. The number of carbonyl (C=O) groups excluding carboxylic acids is 1. The fourth-order valence-electron chi connectivity index (χ4n) is 4.04. The van der Waals surface area contributed by atoms with Gasteiger partial charge in [-0.05, 0) is 19.1 Å². The number of nitrogens with one attached hydrogen (secondary N) is 1. The van der Waals surface area contributed by atoms with Crippen LogP contribution in [0.3, 0.4) is 0 Å². The number of aryl methyl sites for hydroxylation is 2. The average molecular weight is 378 g/mol. The van der Waals surface area contributed by atoms with Crippen molar-refractivity contribution in [2.45, 2.75) is 57.3 Å². The highest BCUT2D eigenvalue weighted by molar-refractivity contribution is 5.77. The van der Waals surface area contributed by atoms with Crippen molar-refractivity contribution >= 4 is 5.91 Å². The third-order valence-electron chi connectivity index (χ3n) is 5.31. The summed E-state index contributed by atoms with van der Waals surface area (Å²) in [4.78, 5) is 14.6. The number of hydrogen-bond donors (Lipinski definition) is 1. The van der Waals surface area contributed by atoms with Crippen LogP contribution in [0.25, 0.3) is 0 Å². The number of alkyl halides is 2. The lowest BCUT2D eigenvalue weighted by atomic mass is 9.88.